The van der Waals surface area contributed by atoms with E-state index in [0.717, 1.165) is 0 Å². The monoisotopic (exact) mass is 165 g/mol. The Morgan fingerprint density at radius 2 is 2.18 bits per heavy atom. The summed E-state index contributed by atoms with van der Waals surface area (Å²) in [7, 11) is 0. The lowest BCUT2D eigenvalue weighted by Gasteiger charge is -2.19. The second kappa shape index (κ2) is 4.25. The second-order valence-corrected chi connectivity index (χ2v) is 2.46. The van der Waals surface area contributed by atoms with Crippen LogP contribution in [0.2, 0.25) is 0 Å². The summed E-state index contributed by atoms with van der Waals surface area (Å²) in [5, 5.41) is 15.9. The largest absolute Gasteiger partial charge is 0.480 e. The van der Waals surface area contributed by atoms with E-state index in [1.807, 2.05) is 0 Å². The average Bonchev–Trinajstić information content (AvgIpc) is 1.85. The molecule has 4 nitrogen and oxygen atoms in total. The number of carbonyl (C=O) groups is 1. The molecule has 0 aromatic rings. The summed E-state index contributed by atoms with van der Waals surface area (Å²) in [5.74, 6) is -1.77. The maximum atomic E-state index is 12.1. The van der Waals surface area contributed by atoms with Crippen molar-refractivity contribution < 1.29 is 19.6 Å². The van der Waals surface area contributed by atoms with Crippen LogP contribution in [-0.4, -0.2) is 27.6 Å². The predicted molar refractivity (Wildman–Crippen MR) is 35.6 cm³/mol. The fourth-order valence-electron chi connectivity index (χ4n) is 0.768. The zero-order chi connectivity index (χ0) is 9.02. The van der Waals surface area contributed by atoms with E-state index in [1.54, 1.807) is 13.8 Å². The average molecular weight is 165 g/mol. The first-order chi connectivity index (χ1) is 5.00. The standard InChI is InChI=1S/C6H12FNO3/c1-3-4(2)5(6(9)10)8(7)11/h4-5,11H,3H2,1-2H3,(H,9,10). The Balaban J connectivity index is 4.21. The molecule has 11 heavy (non-hydrogen) atoms. The number of aliphatic carboxylic acids is 1. The minimum absolute atomic E-state index is 0.414. The van der Waals surface area contributed by atoms with Gasteiger partial charge in [-0.1, -0.05) is 20.3 Å². The predicted octanol–water partition coefficient (Wildman–Crippen LogP) is 1.06. The van der Waals surface area contributed by atoms with Crippen LogP contribution in [0.25, 0.3) is 0 Å². The highest BCUT2D eigenvalue weighted by Gasteiger charge is 2.29. The highest BCUT2D eigenvalue weighted by molar-refractivity contribution is 5.73. The molecule has 0 heterocycles. The Labute approximate surface area is 64.1 Å². The van der Waals surface area contributed by atoms with E-state index < -0.39 is 23.2 Å². The molecule has 5 heteroatoms. The molecule has 0 aliphatic rings. The Kier molecular flexibility index (Phi) is 3.99. The van der Waals surface area contributed by atoms with Crippen molar-refractivity contribution in [2.24, 2.45) is 5.92 Å². The smallest absolute Gasteiger partial charge is 0.326 e. The fourth-order valence-corrected chi connectivity index (χ4v) is 0.768. The molecule has 0 saturated heterocycles. The van der Waals surface area contributed by atoms with Crippen LogP contribution in [0.4, 0.5) is 4.48 Å². The van der Waals surface area contributed by atoms with Gasteiger partial charge in [0, 0.05) is 0 Å². The number of hydrogen-bond donors (Lipinski definition) is 2. The van der Waals surface area contributed by atoms with Crippen LogP contribution in [0.3, 0.4) is 0 Å². The second-order valence-electron chi connectivity index (χ2n) is 2.46. The zero-order valence-corrected chi connectivity index (χ0v) is 6.49. The topological polar surface area (TPSA) is 60.8 Å². The summed E-state index contributed by atoms with van der Waals surface area (Å²) >= 11 is 0. The Hall–Kier alpha value is -0.680. The molecule has 0 aliphatic heterocycles. The van der Waals surface area contributed by atoms with E-state index in [2.05, 4.69) is 0 Å². The highest BCUT2D eigenvalue weighted by atomic mass is 19.2. The van der Waals surface area contributed by atoms with Gasteiger partial charge in [0.15, 0.2) is 6.04 Å². The van der Waals surface area contributed by atoms with Crippen molar-refractivity contribution in [3.63, 3.8) is 0 Å². The Bertz CT molecular complexity index is 140. The molecule has 0 radical (unpaired) electrons. The molecule has 0 saturated carbocycles. The van der Waals surface area contributed by atoms with Gasteiger partial charge in [0.2, 0.25) is 0 Å². The molecule has 0 amide bonds. The first kappa shape index (κ1) is 10.3. The molecular weight excluding hydrogens is 153 g/mol. The van der Waals surface area contributed by atoms with Crippen LogP contribution < -0.4 is 0 Å². The fraction of sp³-hybridized carbons (Fsp3) is 0.833. The number of hydrogen-bond acceptors (Lipinski definition) is 3. The number of rotatable bonds is 4. The van der Waals surface area contributed by atoms with Crippen molar-refractivity contribution in [1.82, 2.24) is 5.29 Å². The van der Waals surface area contributed by atoms with Gasteiger partial charge < -0.3 is 5.11 Å². The molecule has 0 bridgehead atoms. The van der Waals surface area contributed by atoms with Crippen molar-refractivity contribution >= 4 is 5.97 Å². The normalized spacial score (nSPS) is 16.5. The van der Waals surface area contributed by atoms with Crippen LogP contribution in [0.5, 0.6) is 0 Å². The van der Waals surface area contributed by atoms with Crippen molar-refractivity contribution in [3.8, 4) is 0 Å². The summed E-state index contributed by atoms with van der Waals surface area (Å²) in [6.07, 6.45) is 0.498. The van der Waals surface area contributed by atoms with Gasteiger partial charge in [-0.2, -0.15) is 0 Å². The first-order valence-corrected chi connectivity index (χ1v) is 3.37. The molecule has 2 N–H and O–H groups in total. The maximum Gasteiger partial charge on any atom is 0.326 e. The molecule has 2 atom stereocenters. The Morgan fingerprint density at radius 1 is 1.73 bits per heavy atom. The van der Waals surface area contributed by atoms with Crippen molar-refractivity contribution in [1.29, 1.82) is 0 Å². The lowest BCUT2D eigenvalue weighted by molar-refractivity contribution is -0.272. The minimum Gasteiger partial charge on any atom is -0.480 e. The summed E-state index contributed by atoms with van der Waals surface area (Å²) < 4.78 is 12.1. The van der Waals surface area contributed by atoms with Crippen molar-refractivity contribution in [2.75, 3.05) is 0 Å². The summed E-state index contributed by atoms with van der Waals surface area (Å²) in [5.41, 5.74) is 0. The molecule has 0 aromatic heterocycles. The molecule has 2 unspecified atom stereocenters. The van der Waals surface area contributed by atoms with E-state index in [4.69, 9.17) is 10.3 Å². The van der Waals surface area contributed by atoms with Gasteiger partial charge in [0.1, 0.15) is 0 Å². The zero-order valence-electron chi connectivity index (χ0n) is 6.49. The van der Waals surface area contributed by atoms with Crippen LogP contribution in [0, 0.1) is 5.92 Å². The minimum atomic E-state index is -1.46. The quantitative estimate of drug-likeness (QED) is 0.483. The molecule has 0 aliphatic carbocycles. The number of carboxylic acids is 1. The maximum absolute atomic E-state index is 12.1. The molecule has 0 rings (SSSR count). The molecule has 0 aromatic carbocycles. The van der Waals surface area contributed by atoms with Crippen molar-refractivity contribution in [2.45, 2.75) is 26.3 Å². The molecule has 0 spiro atoms. The third-order valence-electron chi connectivity index (χ3n) is 1.67. The molecular formula is C6H12FNO3. The highest BCUT2D eigenvalue weighted by Crippen LogP contribution is 2.13. The lowest BCUT2D eigenvalue weighted by Crippen LogP contribution is -2.38. The van der Waals surface area contributed by atoms with E-state index in [9.17, 15) is 9.28 Å². The van der Waals surface area contributed by atoms with Crippen LogP contribution in [-0.2, 0) is 4.79 Å². The van der Waals surface area contributed by atoms with Crippen LogP contribution in [0.1, 0.15) is 20.3 Å². The third-order valence-corrected chi connectivity index (χ3v) is 1.67. The van der Waals surface area contributed by atoms with E-state index in [-0.39, 0.29) is 0 Å². The van der Waals surface area contributed by atoms with Crippen LogP contribution in [0.15, 0.2) is 0 Å². The number of carboxylic acid groups (broad SMARTS) is 1. The van der Waals surface area contributed by atoms with Gasteiger partial charge in [-0.15, -0.1) is 4.48 Å². The number of nitrogens with zero attached hydrogens (tertiary/aromatic N) is 1. The summed E-state index contributed by atoms with van der Waals surface area (Å²) in [4.78, 5) is 10.3. The van der Waals surface area contributed by atoms with Crippen molar-refractivity contribution in [3.05, 3.63) is 0 Å². The number of halogens is 1. The third kappa shape index (κ3) is 2.81. The van der Waals surface area contributed by atoms with Crippen LogP contribution >= 0.6 is 0 Å². The van der Waals surface area contributed by atoms with Gasteiger partial charge in [-0.05, 0) is 11.2 Å². The summed E-state index contributed by atoms with van der Waals surface area (Å²) in [6.45, 7) is 3.28. The van der Waals surface area contributed by atoms with E-state index >= 15 is 0 Å². The van der Waals surface area contributed by atoms with Gasteiger partial charge in [-0.25, -0.2) is 0 Å². The SMILES string of the molecule is CCC(C)C(C(=O)O)N(O)F. The lowest BCUT2D eigenvalue weighted by atomic mass is 10.0. The Morgan fingerprint density at radius 3 is 2.27 bits per heavy atom. The molecule has 66 valence electrons. The van der Waals surface area contributed by atoms with Gasteiger partial charge in [-0.3, -0.25) is 10.0 Å². The van der Waals surface area contributed by atoms with E-state index in [0.29, 0.717) is 6.42 Å². The first-order valence-electron chi connectivity index (χ1n) is 3.37. The number of hydroxylamine groups is 1. The molecule has 0 fully saturated rings. The van der Waals surface area contributed by atoms with Gasteiger partial charge in [0.05, 0.1) is 0 Å². The summed E-state index contributed by atoms with van der Waals surface area (Å²) in [6, 6.07) is -1.46. The van der Waals surface area contributed by atoms with E-state index in [1.165, 1.54) is 0 Å². The van der Waals surface area contributed by atoms with Gasteiger partial charge >= 0.3 is 5.97 Å². The van der Waals surface area contributed by atoms with Gasteiger partial charge in [0.25, 0.3) is 0 Å².